The fourth-order valence-corrected chi connectivity index (χ4v) is 2.63. The van der Waals surface area contributed by atoms with E-state index in [9.17, 15) is 9.90 Å². The van der Waals surface area contributed by atoms with Crippen LogP contribution in [0.15, 0.2) is 27.4 Å². The van der Waals surface area contributed by atoms with E-state index >= 15 is 0 Å². The SMILES string of the molecule is Cc1ccc(C)c(-c2nnc(-c3cscn3)o2)c1C(=O)O. The van der Waals surface area contributed by atoms with E-state index in [1.807, 2.05) is 13.0 Å². The number of carboxylic acid groups (broad SMARTS) is 1. The molecule has 0 saturated heterocycles. The molecular formula is C14H11N3O3S. The smallest absolute Gasteiger partial charge is 0.336 e. The van der Waals surface area contributed by atoms with Crippen molar-refractivity contribution in [2.75, 3.05) is 0 Å². The van der Waals surface area contributed by atoms with Crippen LogP contribution in [0.1, 0.15) is 21.5 Å². The topological polar surface area (TPSA) is 89.1 Å². The molecule has 0 aliphatic carbocycles. The molecule has 1 aromatic carbocycles. The van der Waals surface area contributed by atoms with Crippen molar-refractivity contribution in [3.05, 3.63) is 39.7 Å². The molecular weight excluding hydrogens is 290 g/mol. The Morgan fingerprint density at radius 2 is 1.90 bits per heavy atom. The van der Waals surface area contributed by atoms with Crippen LogP contribution >= 0.6 is 11.3 Å². The van der Waals surface area contributed by atoms with Gasteiger partial charge in [-0.25, -0.2) is 9.78 Å². The number of aryl methyl sites for hydroxylation is 2. The standard InChI is InChI=1S/C14H11N3O3S/c1-7-3-4-8(2)11(14(18)19)10(7)13-17-16-12(20-13)9-5-21-6-15-9/h3-6H,1-2H3,(H,18,19). The van der Waals surface area contributed by atoms with E-state index in [0.717, 1.165) is 5.56 Å². The minimum atomic E-state index is -1.01. The summed E-state index contributed by atoms with van der Waals surface area (Å²) in [4.78, 5) is 15.6. The minimum absolute atomic E-state index is 0.184. The van der Waals surface area contributed by atoms with Gasteiger partial charge in [-0.15, -0.1) is 21.5 Å². The Labute approximate surface area is 124 Å². The van der Waals surface area contributed by atoms with E-state index in [0.29, 0.717) is 16.8 Å². The number of thiazole rings is 1. The van der Waals surface area contributed by atoms with Crippen molar-refractivity contribution in [2.24, 2.45) is 0 Å². The first-order valence-electron chi connectivity index (χ1n) is 6.14. The van der Waals surface area contributed by atoms with Crippen molar-refractivity contribution >= 4 is 17.3 Å². The molecule has 3 rings (SSSR count). The average molecular weight is 301 g/mol. The van der Waals surface area contributed by atoms with E-state index in [-0.39, 0.29) is 17.3 Å². The molecule has 0 spiro atoms. The monoisotopic (exact) mass is 301 g/mol. The normalized spacial score (nSPS) is 10.8. The van der Waals surface area contributed by atoms with Crippen LogP contribution in [0.25, 0.3) is 23.0 Å². The van der Waals surface area contributed by atoms with Crippen LogP contribution in [0, 0.1) is 13.8 Å². The third-order valence-electron chi connectivity index (χ3n) is 3.13. The van der Waals surface area contributed by atoms with E-state index < -0.39 is 5.97 Å². The molecule has 1 N–H and O–H groups in total. The zero-order chi connectivity index (χ0) is 15.0. The van der Waals surface area contributed by atoms with Crippen molar-refractivity contribution in [1.29, 1.82) is 0 Å². The van der Waals surface area contributed by atoms with Gasteiger partial charge < -0.3 is 9.52 Å². The number of benzene rings is 1. The molecule has 7 heteroatoms. The maximum absolute atomic E-state index is 11.5. The Bertz CT molecular complexity index is 809. The van der Waals surface area contributed by atoms with Gasteiger partial charge in [0.25, 0.3) is 5.89 Å². The fourth-order valence-electron chi connectivity index (χ4n) is 2.11. The number of aromatic carboxylic acids is 1. The Balaban J connectivity index is 2.17. The van der Waals surface area contributed by atoms with Gasteiger partial charge in [0.05, 0.1) is 16.6 Å². The highest BCUT2D eigenvalue weighted by atomic mass is 32.1. The summed E-state index contributed by atoms with van der Waals surface area (Å²) >= 11 is 1.42. The maximum Gasteiger partial charge on any atom is 0.336 e. The van der Waals surface area contributed by atoms with Crippen molar-refractivity contribution in [2.45, 2.75) is 13.8 Å². The second kappa shape index (κ2) is 5.10. The van der Waals surface area contributed by atoms with Gasteiger partial charge in [0.1, 0.15) is 5.69 Å². The van der Waals surface area contributed by atoms with E-state index in [4.69, 9.17) is 4.42 Å². The van der Waals surface area contributed by atoms with Gasteiger partial charge in [-0.3, -0.25) is 0 Å². The molecule has 0 amide bonds. The van der Waals surface area contributed by atoms with Crippen molar-refractivity contribution in [1.82, 2.24) is 15.2 Å². The molecule has 0 radical (unpaired) electrons. The largest absolute Gasteiger partial charge is 0.478 e. The van der Waals surface area contributed by atoms with Crippen molar-refractivity contribution in [3.63, 3.8) is 0 Å². The zero-order valence-electron chi connectivity index (χ0n) is 11.3. The molecule has 0 fully saturated rings. The van der Waals surface area contributed by atoms with E-state index in [2.05, 4.69) is 15.2 Å². The molecule has 106 valence electrons. The predicted octanol–water partition coefficient (Wildman–Crippen LogP) is 3.18. The van der Waals surface area contributed by atoms with E-state index in [1.165, 1.54) is 11.3 Å². The average Bonchev–Trinajstić information content (AvgIpc) is 3.10. The fraction of sp³-hybridized carbons (Fsp3) is 0.143. The number of rotatable bonds is 3. The molecule has 0 unspecified atom stereocenters. The summed E-state index contributed by atoms with van der Waals surface area (Å²) in [6, 6.07) is 3.60. The minimum Gasteiger partial charge on any atom is -0.478 e. The number of carboxylic acids is 1. The van der Waals surface area contributed by atoms with Crippen LogP contribution in [0.2, 0.25) is 0 Å². The Morgan fingerprint density at radius 1 is 1.19 bits per heavy atom. The highest BCUT2D eigenvalue weighted by molar-refractivity contribution is 7.07. The molecule has 0 atom stereocenters. The second-order valence-corrected chi connectivity index (χ2v) is 5.26. The van der Waals surface area contributed by atoms with Gasteiger partial charge in [-0.2, -0.15) is 0 Å². The maximum atomic E-state index is 11.5. The highest BCUT2D eigenvalue weighted by Gasteiger charge is 2.22. The lowest BCUT2D eigenvalue weighted by Crippen LogP contribution is -2.04. The summed E-state index contributed by atoms with van der Waals surface area (Å²) < 4.78 is 5.60. The third-order valence-corrected chi connectivity index (χ3v) is 3.71. The summed E-state index contributed by atoms with van der Waals surface area (Å²) in [5.74, 6) is -0.542. The quantitative estimate of drug-likeness (QED) is 0.799. The lowest BCUT2D eigenvalue weighted by Gasteiger charge is -2.08. The molecule has 0 bridgehead atoms. The summed E-state index contributed by atoms with van der Waals surface area (Å²) in [7, 11) is 0. The Hall–Kier alpha value is -2.54. The second-order valence-electron chi connectivity index (χ2n) is 4.54. The Kier molecular flexibility index (Phi) is 3.26. The summed E-state index contributed by atoms with van der Waals surface area (Å²) in [6.07, 6.45) is 0. The van der Waals surface area contributed by atoms with Crippen molar-refractivity contribution < 1.29 is 14.3 Å². The van der Waals surface area contributed by atoms with Gasteiger partial charge in [0, 0.05) is 5.38 Å². The van der Waals surface area contributed by atoms with Gasteiger partial charge in [0.15, 0.2) is 0 Å². The molecule has 2 heterocycles. The van der Waals surface area contributed by atoms with Gasteiger partial charge in [-0.05, 0) is 25.0 Å². The van der Waals surface area contributed by atoms with Crippen LogP contribution in [-0.4, -0.2) is 26.3 Å². The number of hydrogen-bond acceptors (Lipinski definition) is 6. The molecule has 6 nitrogen and oxygen atoms in total. The zero-order valence-corrected chi connectivity index (χ0v) is 12.1. The van der Waals surface area contributed by atoms with E-state index in [1.54, 1.807) is 23.9 Å². The lowest BCUT2D eigenvalue weighted by atomic mass is 9.97. The Morgan fingerprint density at radius 3 is 2.57 bits per heavy atom. The summed E-state index contributed by atoms with van der Waals surface area (Å²) in [6.45, 7) is 3.55. The molecule has 0 aliphatic heterocycles. The first kappa shape index (κ1) is 13.4. The first-order chi connectivity index (χ1) is 10.1. The number of carbonyl (C=O) groups is 1. The third kappa shape index (κ3) is 2.31. The first-order valence-corrected chi connectivity index (χ1v) is 7.08. The molecule has 0 aliphatic rings. The van der Waals surface area contributed by atoms with Crippen molar-refractivity contribution in [3.8, 4) is 23.0 Å². The number of hydrogen-bond donors (Lipinski definition) is 1. The van der Waals surface area contributed by atoms with Crippen LogP contribution in [0.3, 0.4) is 0 Å². The molecule has 0 saturated carbocycles. The van der Waals surface area contributed by atoms with Gasteiger partial charge in [-0.1, -0.05) is 12.1 Å². The number of aromatic nitrogens is 3. The van der Waals surface area contributed by atoms with Crippen LogP contribution in [-0.2, 0) is 0 Å². The lowest BCUT2D eigenvalue weighted by molar-refractivity contribution is 0.0696. The van der Waals surface area contributed by atoms with Crippen LogP contribution in [0.5, 0.6) is 0 Å². The van der Waals surface area contributed by atoms with Gasteiger partial charge >= 0.3 is 5.97 Å². The van der Waals surface area contributed by atoms with Crippen LogP contribution < -0.4 is 0 Å². The number of nitrogens with zero attached hydrogens (tertiary/aromatic N) is 3. The van der Waals surface area contributed by atoms with Gasteiger partial charge in [0.2, 0.25) is 5.89 Å². The summed E-state index contributed by atoms with van der Waals surface area (Å²) in [5, 5.41) is 19.1. The molecule has 3 aromatic rings. The predicted molar refractivity (Wildman–Crippen MR) is 77.3 cm³/mol. The molecule has 21 heavy (non-hydrogen) atoms. The molecule has 2 aromatic heterocycles. The van der Waals surface area contributed by atoms with Crippen LogP contribution in [0.4, 0.5) is 0 Å². The summed E-state index contributed by atoms with van der Waals surface area (Å²) in [5.41, 5.74) is 4.31. The highest BCUT2D eigenvalue weighted by Crippen LogP contribution is 2.30.